The monoisotopic (exact) mass is 476 g/mol. The molecule has 3 fully saturated rings. The summed E-state index contributed by atoms with van der Waals surface area (Å²) in [5.41, 5.74) is 1.47. The minimum atomic E-state index is -0.515. The Balaban J connectivity index is 1.46. The summed E-state index contributed by atoms with van der Waals surface area (Å²) in [5.74, 6) is 1.05. The molecule has 1 heterocycles. The highest BCUT2D eigenvalue weighted by atomic mass is 16.5. The number of benzene rings is 2. The van der Waals surface area contributed by atoms with Crippen LogP contribution in [0.5, 0.6) is 5.75 Å². The van der Waals surface area contributed by atoms with Crippen molar-refractivity contribution < 1.29 is 19.4 Å². The van der Waals surface area contributed by atoms with Crippen LogP contribution < -0.4 is 4.74 Å². The largest absolute Gasteiger partial charge is 0.427 e. The number of rotatable bonds is 6. The van der Waals surface area contributed by atoms with E-state index in [1.807, 2.05) is 54.4 Å². The molecule has 2 aromatic carbocycles. The predicted molar refractivity (Wildman–Crippen MR) is 134 cm³/mol. The van der Waals surface area contributed by atoms with Crippen molar-refractivity contribution in [2.45, 2.75) is 56.6 Å². The number of aliphatic hydroxyl groups excluding tert-OH is 1. The molecule has 35 heavy (non-hydrogen) atoms. The van der Waals surface area contributed by atoms with Gasteiger partial charge in [-0.1, -0.05) is 30.3 Å². The van der Waals surface area contributed by atoms with Gasteiger partial charge < -0.3 is 19.6 Å². The van der Waals surface area contributed by atoms with E-state index in [1.54, 1.807) is 6.07 Å². The van der Waals surface area contributed by atoms with Crippen LogP contribution in [0.25, 0.3) is 0 Å². The Morgan fingerprint density at radius 3 is 2.63 bits per heavy atom. The third-order valence-corrected chi connectivity index (χ3v) is 8.39. The number of hydrogen-bond acceptors (Lipinski definition) is 5. The average molecular weight is 477 g/mol. The molecule has 2 aliphatic carbocycles. The summed E-state index contributed by atoms with van der Waals surface area (Å²) < 4.78 is 5.42. The van der Waals surface area contributed by atoms with Crippen molar-refractivity contribution in [1.29, 1.82) is 0 Å². The minimum Gasteiger partial charge on any atom is -0.427 e. The molecular weight excluding hydrogens is 440 g/mol. The maximum Gasteiger partial charge on any atom is 0.308 e. The molecule has 186 valence electrons. The van der Waals surface area contributed by atoms with Crippen molar-refractivity contribution in [3.63, 3.8) is 0 Å². The van der Waals surface area contributed by atoms with Crippen molar-refractivity contribution in [2.75, 3.05) is 26.7 Å². The number of aliphatic hydroxyl groups is 1. The SMILES string of the molecule is CC(=O)Oc1cccc(C23CCN(CC4CC4)CC2C(O)C[C@@H](N(C)C(=O)c2ccccc2)C3)c1. The predicted octanol–water partition coefficient (Wildman–Crippen LogP) is 3.88. The zero-order chi connectivity index (χ0) is 24.6. The first kappa shape index (κ1) is 24.0. The van der Waals surface area contributed by atoms with E-state index in [0.717, 1.165) is 44.0 Å². The highest BCUT2D eigenvalue weighted by Gasteiger charge is 2.53. The first-order valence-electron chi connectivity index (χ1n) is 12.9. The van der Waals surface area contributed by atoms with E-state index in [-0.39, 0.29) is 29.3 Å². The lowest BCUT2D eigenvalue weighted by atomic mass is 9.56. The molecule has 0 bridgehead atoms. The number of carbonyl (C=O) groups excluding carboxylic acids is 2. The van der Waals surface area contributed by atoms with Crippen LogP contribution in [0.4, 0.5) is 0 Å². The van der Waals surface area contributed by atoms with Crippen molar-refractivity contribution in [2.24, 2.45) is 11.8 Å². The second-order valence-electron chi connectivity index (χ2n) is 10.8. The van der Waals surface area contributed by atoms with Crippen LogP contribution in [0.15, 0.2) is 54.6 Å². The van der Waals surface area contributed by atoms with Crippen molar-refractivity contribution >= 4 is 11.9 Å². The Labute approximate surface area is 207 Å². The average Bonchev–Trinajstić information content (AvgIpc) is 3.68. The summed E-state index contributed by atoms with van der Waals surface area (Å²) in [6.07, 6.45) is 4.38. The van der Waals surface area contributed by atoms with Crippen LogP contribution in [0.2, 0.25) is 0 Å². The first-order chi connectivity index (χ1) is 16.9. The topological polar surface area (TPSA) is 70.1 Å². The molecule has 3 aliphatic rings. The fourth-order valence-corrected chi connectivity index (χ4v) is 6.37. The summed E-state index contributed by atoms with van der Waals surface area (Å²) in [4.78, 5) is 29.3. The zero-order valence-electron chi connectivity index (χ0n) is 20.7. The quantitative estimate of drug-likeness (QED) is 0.506. The normalized spacial score (nSPS) is 28.7. The number of carbonyl (C=O) groups is 2. The minimum absolute atomic E-state index is 0.0174. The summed E-state index contributed by atoms with van der Waals surface area (Å²) in [5, 5.41) is 11.5. The van der Waals surface area contributed by atoms with E-state index in [1.165, 1.54) is 19.8 Å². The molecular formula is C29H36N2O4. The lowest BCUT2D eigenvalue weighted by Gasteiger charge is -2.56. The highest BCUT2D eigenvalue weighted by molar-refractivity contribution is 5.94. The van der Waals surface area contributed by atoms with E-state index in [2.05, 4.69) is 11.0 Å². The van der Waals surface area contributed by atoms with Crippen LogP contribution in [0.3, 0.4) is 0 Å². The number of hydrogen-bond donors (Lipinski definition) is 1. The molecule has 4 atom stereocenters. The molecule has 6 nitrogen and oxygen atoms in total. The molecule has 2 aromatic rings. The van der Waals surface area contributed by atoms with Crippen molar-refractivity contribution in [3.05, 3.63) is 65.7 Å². The lowest BCUT2D eigenvalue weighted by Crippen LogP contribution is -2.61. The molecule has 6 heteroatoms. The molecule has 0 aromatic heterocycles. The number of ether oxygens (including phenoxy) is 1. The van der Waals surface area contributed by atoms with E-state index in [9.17, 15) is 14.7 Å². The van der Waals surface area contributed by atoms with Gasteiger partial charge in [-0.2, -0.15) is 0 Å². The van der Waals surface area contributed by atoms with Gasteiger partial charge in [0.1, 0.15) is 5.75 Å². The van der Waals surface area contributed by atoms with Gasteiger partial charge in [-0.05, 0) is 74.4 Å². The van der Waals surface area contributed by atoms with Crippen LogP contribution in [-0.2, 0) is 10.2 Å². The van der Waals surface area contributed by atoms with Gasteiger partial charge in [-0.15, -0.1) is 0 Å². The number of nitrogens with zero attached hydrogens (tertiary/aromatic N) is 2. The summed E-state index contributed by atoms with van der Waals surface area (Å²) >= 11 is 0. The van der Waals surface area contributed by atoms with Crippen LogP contribution in [0.1, 0.15) is 54.9 Å². The number of amides is 1. The van der Waals surface area contributed by atoms with Gasteiger partial charge in [0, 0.05) is 50.0 Å². The van der Waals surface area contributed by atoms with Crippen molar-refractivity contribution in [3.8, 4) is 5.75 Å². The first-order valence-corrected chi connectivity index (χ1v) is 12.9. The van der Waals surface area contributed by atoms with Crippen LogP contribution in [0, 0.1) is 11.8 Å². The fraction of sp³-hybridized carbons (Fsp3) is 0.517. The van der Waals surface area contributed by atoms with Gasteiger partial charge in [-0.25, -0.2) is 0 Å². The smallest absolute Gasteiger partial charge is 0.308 e. The third kappa shape index (κ3) is 5.00. The molecule has 1 amide bonds. The Morgan fingerprint density at radius 2 is 1.91 bits per heavy atom. The standard InChI is InChI=1S/C29H36N2O4/c1-20(32)35-25-10-6-9-23(15-25)29-13-14-31(18-21-11-12-21)19-26(29)27(33)16-24(17-29)30(2)28(34)22-7-4-3-5-8-22/h3-10,15,21,24,26-27,33H,11-14,16-19H2,1-2H3/t24-,26?,27?,29?/m1/s1. The Bertz CT molecular complexity index is 1070. The van der Waals surface area contributed by atoms with Gasteiger partial charge in [0.05, 0.1) is 6.10 Å². The molecule has 5 rings (SSSR count). The summed E-state index contributed by atoms with van der Waals surface area (Å²) in [6.45, 7) is 4.36. The number of likely N-dealkylation sites (tertiary alicyclic amines) is 1. The number of fused-ring (bicyclic) bond motifs is 1. The zero-order valence-corrected chi connectivity index (χ0v) is 20.7. The molecule has 1 aliphatic heterocycles. The van der Waals surface area contributed by atoms with Gasteiger partial charge in [0.2, 0.25) is 0 Å². The molecule has 3 unspecified atom stereocenters. The Kier molecular flexibility index (Phi) is 6.69. The molecule has 0 spiro atoms. The van der Waals surface area contributed by atoms with E-state index in [4.69, 9.17) is 4.74 Å². The summed E-state index contributed by atoms with van der Waals surface area (Å²) in [7, 11) is 1.86. The van der Waals surface area contributed by atoms with E-state index >= 15 is 0 Å². The second-order valence-corrected chi connectivity index (χ2v) is 10.8. The Hall–Kier alpha value is -2.70. The fourth-order valence-electron chi connectivity index (χ4n) is 6.37. The number of esters is 1. The van der Waals surface area contributed by atoms with E-state index < -0.39 is 6.10 Å². The maximum absolute atomic E-state index is 13.3. The lowest BCUT2D eigenvalue weighted by molar-refractivity contribution is -0.131. The highest BCUT2D eigenvalue weighted by Crippen LogP contribution is 2.51. The van der Waals surface area contributed by atoms with Gasteiger partial charge in [-0.3, -0.25) is 9.59 Å². The maximum atomic E-state index is 13.3. The van der Waals surface area contributed by atoms with Gasteiger partial charge >= 0.3 is 5.97 Å². The van der Waals surface area contributed by atoms with Gasteiger partial charge in [0.15, 0.2) is 0 Å². The Morgan fingerprint density at radius 1 is 1.14 bits per heavy atom. The molecule has 0 radical (unpaired) electrons. The van der Waals surface area contributed by atoms with Gasteiger partial charge in [0.25, 0.3) is 5.91 Å². The third-order valence-electron chi connectivity index (χ3n) is 8.39. The van der Waals surface area contributed by atoms with Crippen LogP contribution >= 0.6 is 0 Å². The second kappa shape index (κ2) is 9.75. The van der Waals surface area contributed by atoms with Crippen LogP contribution in [-0.4, -0.2) is 65.6 Å². The number of piperidine rings is 1. The van der Waals surface area contributed by atoms with Crippen molar-refractivity contribution in [1.82, 2.24) is 9.80 Å². The van der Waals surface area contributed by atoms with E-state index in [0.29, 0.717) is 17.7 Å². The summed E-state index contributed by atoms with van der Waals surface area (Å²) in [6, 6.07) is 17.1. The molecule has 1 saturated heterocycles. The molecule has 2 saturated carbocycles. The molecule has 1 N–H and O–H groups in total.